The lowest BCUT2D eigenvalue weighted by Gasteiger charge is -2.23. The first-order chi connectivity index (χ1) is 11.1. The second kappa shape index (κ2) is 6.01. The van der Waals surface area contributed by atoms with Crippen LogP contribution in [0.5, 0.6) is 0 Å². The molecule has 1 aromatic heterocycles. The lowest BCUT2D eigenvalue weighted by Crippen LogP contribution is -2.30. The molecule has 0 N–H and O–H groups in total. The highest BCUT2D eigenvalue weighted by atomic mass is 32.2. The van der Waals surface area contributed by atoms with Crippen LogP contribution in [0.2, 0.25) is 0 Å². The largest absolute Gasteiger partial charge is 0.267 e. The molecule has 0 aliphatic rings. The standard InChI is InChI=1S/C18H18N2O2S/c1-3-20(15-8-5-4-6-9-15)23(21,22)17-12-11-14(2)18-16(17)10-7-13-19-18/h4-13H,3H2,1-2H3. The van der Waals surface area contributed by atoms with Gasteiger partial charge < -0.3 is 0 Å². The summed E-state index contributed by atoms with van der Waals surface area (Å²) >= 11 is 0. The third kappa shape index (κ3) is 2.68. The number of nitrogens with zero attached hydrogens (tertiary/aromatic N) is 2. The van der Waals surface area contributed by atoms with E-state index in [0.717, 1.165) is 11.1 Å². The number of aromatic nitrogens is 1. The Morgan fingerprint density at radius 3 is 2.43 bits per heavy atom. The Morgan fingerprint density at radius 2 is 1.74 bits per heavy atom. The summed E-state index contributed by atoms with van der Waals surface area (Å²) in [7, 11) is -3.65. The summed E-state index contributed by atoms with van der Waals surface area (Å²) in [6.45, 7) is 4.13. The van der Waals surface area contributed by atoms with Gasteiger partial charge in [-0.15, -0.1) is 0 Å². The van der Waals surface area contributed by atoms with Crippen molar-refractivity contribution in [1.29, 1.82) is 0 Å². The molecule has 5 heteroatoms. The zero-order chi connectivity index (χ0) is 16.4. The maximum Gasteiger partial charge on any atom is 0.264 e. The Hall–Kier alpha value is -2.40. The van der Waals surface area contributed by atoms with Gasteiger partial charge in [0.1, 0.15) is 0 Å². The van der Waals surface area contributed by atoms with Crippen LogP contribution in [-0.4, -0.2) is 19.9 Å². The van der Waals surface area contributed by atoms with Gasteiger partial charge in [0, 0.05) is 18.1 Å². The molecule has 118 valence electrons. The number of para-hydroxylation sites is 1. The lowest BCUT2D eigenvalue weighted by atomic mass is 10.1. The maximum absolute atomic E-state index is 13.2. The first-order valence-corrected chi connectivity index (χ1v) is 8.92. The summed E-state index contributed by atoms with van der Waals surface area (Å²) < 4.78 is 27.8. The molecule has 0 saturated carbocycles. The van der Waals surface area contributed by atoms with Crippen LogP contribution in [0.25, 0.3) is 10.9 Å². The highest BCUT2D eigenvalue weighted by Gasteiger charge is 2.25. The van der Waals surface area contributed by atoms with Crippen molar-refractivity contribution in [3.05, 3.63) is 66.4 Å². The quantitative estimate of drug-likeness (QED) is 0.733. The summed E-state index contributed by atoms with van der Waals surface area (Å²) in [5, 5.41) is 0.655. The van der Waals surface area contributed by atoms with E-state index >= 15 is 0 Å². The molecule has 0 radical (unpaired) electrons. The minimum atomic E-state index is -3.65. The van der Waals surface area contributed by atoms with E-state index in [9.17, 15) is 8.42 Å². The van der Waals surface area contributed by atoms with Crippen molar-refractivity contribution in [1.82, 2.24) is 4.98 Å². The molecule has 3 aromatic rings. The van der Waals surface area contributed by atoms with E-state index in [1.165, 1.54) is 4.31 Å². The molecule has 3 rings (SSSR count). The zero-order valence-electron chi connectivity index (χ0n) is 13.1. The highest BCUT2D eigenvalue weighted by molar-refractivity contribution is 7.93. The summed E-state index contributed by atoms with van der Waals surface area (Å²) in [5.41, 5.74) is 2.34. The number of benzene rings is 2. The average Bonchev–Trinajstić information content (AvgIpc) is 2.56. The second-order valence-corrected chi connectivity index (χ2v) is 7.12. The van der Waals surface area contributed by atoms with Crippen molar-refractivity contribution >= 4 is 26.6 Å². The van der Waals surface area contributed by atoms with Crippen molar-refractivity contribution in [2.24, 2.45) is 0 Å². The monoisotopic (exact) mass is 326 g/mol. The minimum absolute atomic E-state index is 0.289. The number of hydrogen-bond acceptors (Lipinski definition) is 3. The molecule has 0 aliphatic heterocycles. The number of rotatable bonds is 4. The summed E-state index contributed by atoms with van der Waals surface area (Å²) in [6, 6.07) is 16.2. The van der Waals surface area contributed by atoms with Crippen LogP contribution in [0.15, 0.2) is 65.7 Å². The first-order valence-electron chi connectivity index (χ1n) is 7.48. The predicted octanol–water partition coefficient (Wildman–Crippen LogP) is 3.76. The lowest BCUT2D eigenvalue weighted by molar-refractivity contribution is 0.592. The Kier molecular flexibility index (Phi) is 4.05. The molecule has 23 heavy (non-hydrogen) atoms. The molecule has 0 aliphatic carbocycles. The van der Waals surface area contributed by atoms with Crippen molar-refractivity contribution in [3.8, 4) is 0 Å². The first kappa shape index (κ1) is 15.5. The Bertz CT molecular complexity index is 938. The van der Waals surface area contributed by atoms with Gasteiger partial charge in [-0.1, -0.05) is 24.3 Å². The van der Waals surface area contributed by atoms with Gasteiger partial charge in [0.15, 0.2) is 0 Å². The van der Waals surface area contributed by atoms with E-state index in [0.29, 0.717) is 17.6 Å². The van der Waals surface area contributed by atoms with Gasteiger partial charge in [0.25, 0.3) is 10.0 Å². The van der Waals surface area contributed by atoms with E-state index in [1.807, 2.05) is 32.0 Å². The normalized spacial score (nSPS) is 11.6. The van der Waals surface area contributed by atoms with Crippen molar-refractivity contribution in [2.75, 3.05) is 10.8 Å². The summed E-state index contributed by atoms with van der Waals surface area (Å²) in [5.74, 6) is 0. The third-order valence-electron chi connectivity index (χ3n) is 3.83. The fourth-order valence-corrected chi connectivity index (χ4v) is 4.38. The fraction of sp³-hybridized carbons (Fsp3) is 0.167. The molecule has 2 aromatic carbocycles. The van der Waals surface area contributed by atoms with E-state index < -0.39 is 10.0 Å². The number of anilines is 1. The Balaban J connectivity index is 2.22. The second-order valence-electron chi connectivity index (χ2n) is 5.29. The number of hydrogen-bond donors (Lipinski definition) is 0. The summed E-state index contributed by atoms with van der Waals surface area (Å²) in [6.07, 6.45) is 1.68. The van der Waals surface area contributed by atoms with Crippen molar-refractivity contribution < 1.29 is 8.42 Å². The van der Waals surface area contributed by atoms with E-state index in [2.05, 4.69) is 4.98 Å². The third-order valence-corrected chi connectivity index (χ3v) is 5.79. The number of sulfonamides is 1. The van der Waals surface area contributed by atoms with Crippen molar-refractivity contribution in [3.63, 3.8) is 0 Å². The average molecular weight is 326 g/mol. The molecular weight excluding hydrogens is 308 g/mol. The topological polar surface area (TPSA) is 50.3 Å². The predicted molar refractivity (Wildman–Crippen MR) is 93.1 cm³/mol. The van der Waals surface area contributed by atoms with Crippen LogP contribution in [0.1, 0.15) is 12.5 Å². The molecule has 0 saturated heterocycles. The maximum atomic E-state index is 13.2. The van der Waals surface area contributed by atoms with Crippen LogP contribution in [0.4, 0.5) is 5.69 Å². The van der Waals surface area contributed by atoms with E-state index in [1.54, 1.807) is 42.6 Å². The molecule has 0 unspecified atom stereocenters. The smallest absolute Gasteiger partial charge is 0.264 e. The van der Waals surface area contributed by atoms with Crippen LogP contribution >= 0.6 is 0 Å². The van der Waals surface area contributed by atoms with Gasteiger partial charge in [-0.05, 0) is 49.7 Å². The Morgan fingerprint density at radius 1 is 1.00 bits per heavy atom. The Labute approximate surface area is 136 Å². The van der Waals surface area contributed by atoms with Gasteiger partial charge in [-0.25, -0.2) is 8.42 Å². The van der Waals surface area contributed by atoms with Gasteiger partial charge in [-0.3, -0.25) is 9.29 Å². The fourth-order valence-electron chi connectivity index (χ4n) is 2.72. The SMILES string of the molecule is CCN(c1ccccc1)S(=O)(=O)c1ccc(C)c2ncccc12. The molecule has 0 fully saturated rings. The van der Waals surface area contributed by atoms with Gasteiger partial charge in [-0.2, -0.15) is 0 Å². The van der Waals surface area contributed by atoms with Gasteiger partial charge in [0.05, 0.1) is 16.1 Å². The van der Waals surface area contributed by atoms with Crippen molar-refractivity contribution in [2.45, 2.75) is 18.7 Å². The zero-order valence-corrected chi connectivity index (χ0v) is 13.9. The molecule has 0 bridgehead atoms. The van der Waals surface area contributed by atoms with Gasteiger partial charge >= 0.3 is 0 Å². The molecule has 0 atom stereocenters. The molecular formula is C18H18N2O2S. The van der Waals surface area contributed by atoms with Crippen LogP contribution < -0.4 is 4.31 Å². The highest BCUT2D eigenvalue weighted by Crippen LogP contribution is 2.29. The molecule has 1 heterocycles. The number of pyridine rings is 1. The molecule has 0 amide bonds. The number of aryl methyl sites for hydroxylation is 1. The minimum Gasteiger partial charge on any atom is -0.267 e. The number of fused-ring (bicyclic) bond motifs is 1. The van der Waals surface area contributed by atoms with E-state index in [4.69, 9.17) is 0 Å². The van der Waals surface area contributed by atoms with E-state index in [-0.39, 0.29) is 4.90 Å². The van der Waals surface area contributed by atoms with Gasteiger partial charge in [0.2, 0.25) is 0 Å². The van der Waals surface area contributed by atoms with Crippen LogP contribution in [-0.2, 0) is 10.0 Å². The molecule has 4 nitrogen and oxygen atoms in total. The van der Waals surface area contributed by atoms with Crippen LogP contribution in [0, 0.1) is 6.92 Å². The summed E-state index contributed by atoms with van der Waals surface area (Å²) in [4.78, 5) is 4.62. The van der Waals surface area contributed by atoms with Crippen LogP contribution in [0.3, 0.4) is 0 Å². The molecule has 0 spiro atoms.